The van der Waals surface area contributed by atoms with Gasteiger partial charge in [0.1, 0.15) is 6.17 Å². The fourth-order valence-electron chi connectivity index (χ4n) is 0.621. The third kappa shape index (κ3) is 0.804. The molecular formula is C5H8FNO. The van der Waals surface area contributed by atoms with Crippen LogP contribution in [0, 0.1) is 5.92 Å². The van der Waals surface area contributed by atoms with E-state index in [-0.39, 0.29) is 11.8 Å². The molecule has 0 unspecified atom stereocenters. The topological polar surface area (TPSA) is 29.1 Å². The molecule has 0 aromatic heterocycles. The van der Waals surface area contributed by atoms with E-state index in [0.717, 1.165) is 0 Å². The minimum atomic E-state index is -0.866. The maximum atomic E-state index is 12.0. The Bertz CT molecular complexity index is 115. The van der Waals surface area contributed by atoms with Gasteiger partial charge in [0, 0.05) is 7.05 Å². The van der Waals surface area contributed by atoms with Crippen molar-refractivity contribution in [3.8, 4) is 0 Å². The lowest BCUT2D eigenvalue weighted by molar-refractivity contribution is -0.122. The zero-order chi connectivity index (χ0) is 6.15. The number of alkyl halides is 1. The van der Waals surface area contributed by atoms with Gasteiger partial charge in [0.2, 0.25) is 5.91 Å². The number of carbonyl (C=O) groups excluding carboxylic acids is 1. The van der Waals surface area contributed by atoms with Gasteiger partial charge in [-0.3, -0.25) is 4.79 Å². The second kappa shape index (κ2) is 1.73. The molecule has 3 heteroatoms. The van der Waals surface area contributed by atoms with Crippen molar-refractivity contribution in [2.75, 3.05) is 7.05 Å². The van der Waals surface area contributed by atoms with Gasteiger partial charge in [0.05, 0.1) is 5.92 Å². The number of halogens is 1. The van der Waals surface area contributed by atoms with E-state index in [9.17, 15) is 9.18 Å². The van der Waals surface area contributed by atoms with Gasteiger partial charge in [-0.25, -0.2) is 4.39 Å². The maximum Gasteiger partial charge on any atom is 0.225 e. The average Bonchev–Trinajstić information content (AvgIpc) is 2.45. The van der Waals surface area contributed by atoms with Crippen LogP contribution in [0.2, 0.25) is 0 Å². The zero-order valence-corrected chi connectivity index (χ0v) is 4.65. The third-order valence-electron chi connectivity index (χ3n) is 1.30. The summed E-state index contributed by atoms with van der Waals surface area (Å²) in [6.07, 6.45) is -0.449. The third-order valence-corrected chi connectivity index (χ3v) is 1.30. The van der Waals surface area contributed by atoms with Gasteiger partial charge >= 0.3 is 0 Å². The van der Waals surface area contributed by atoms with Crippen molar-refractivity contribution in [2.24, 2.45) is 5.92 Å². The van der Waals surface area contributed by atoms with Crippen molar-refractivity contribution >= 4 is 5.91 Å². The summed E-state index contributed by atoms with van der Waals surface area (Å²) in [4.78, 5) is 10.4. The van der Waals surface area contributed by atoms with E-state index in [4.69, 9.17) is 0 Å². The highest BCUT2D eigenvalue weighted by molar-refractivity contribution is 5.81. The number of carbonyl (C=O) groups is 1. The number of nitrogens with one attached hydrogen (secondary N) is 1. The van der Waals surface area contributed by atoms with Crippen molar-refractivity contribution in [3.63, 3.8) is 0 Å². The molecule has 2 atom stereocenters. The molecular weight excluding hydrogens is 109 g/mol. The molecule has 0 aliphatic heterocycles. The molecule has 1 amide bonds. The maximum absolute atomic E-state index is 12.0. The lowest BCUT2D eigenvalue weighted by Crippen LogP contribution is -2.20. The first kappa shape index (κ1) is 5.54. The first-order chi connectivity index (χ1) is 3.75. The van der Waals surface area contributed by atoms with E-state index in [2.05, 4.69) is 5.32 Å². The van der Waals surface area contributed by atoms with Gasteiger partial charge < -0.3 is 5.32 Å². The molecule has 1 rings (SSSR count). The van der Waals surface area contributed by atoms with Gasteiger partial charge in [-0.05, 0) is 6.42 Å². The highest BCUT2D eigenvalue weighted by Gasteiger charge is 2.42. The summed E-state index contributed by atoms with van der Waals surface area (Å²) in [5.41, 5.74) is 0. The average molecular weight is 117 g/mol. The fourth-order valence-corrected chi connectivity index (χ4v) is 0.621. The van der Waals surface area contributed by atoms with E-state index >= 15 is 0 Å². The van der Waals surface area contributed by atoms with Gasteiger partial charge in [0.25, 0.3) is 0 Å². The highest BCUT2D eigenvalue weighted by atomic mass is 19.1. The standard InChI is InChI=1S/C5H8FNO/c1-7-5(8)3-2-4(3)6/h3-4H,2H2,1H3,(H,7,8)/t3-,4+/m0/s1. The Labute approximate surface area is 47.1 Å². The van der Waals surface area contributed by atoms with Crippen LogP contribution in [0.3, 0.4) is 0 Å². The summed E-state index contributed by atoms with van der Waals surface area (Å²) in [6.45, 7) is 0. The van der Waals surface area contributed by atoms with Gasteiger partial charge in [-0.2, -0.15) is 0 Å². The lowest BCUT2D eigenvalue weighted by Gasteiger charge is -1.90. The van der Waals surface area contributed by atoms with Crippen LogP contribution in [0.1, 0.15) is 6.42 Å². The fraction of sp³-hybridized carbons (Fsp3) is 0.800. The van der Waals surface area contributed by atoms with Crippen LogP contribution in [0.4, 0.5) is 4.39 Å². The monoisotopic (exact) mass is 117 g/mol. The molecule has 1 fully saturated rings. The number of amides is 1. The minimum absolute atomic E-state index is 0.169. The Balaban J connectivity index is 2.28. The van der Waals surface area contributed by atoms with Crippen LogP contribution in [-0.2, 0) is 4.79 Å². The Morgan fingerprint density at radius 3 is 2.50 bits per heavy atom. The van der Waals surface area contributed by atoms with E-state index in [1.807, 2.05) is 0 Å². The summed E-state index contributed by atoms with van der Waals surface area (Å²) < 4.78 is 12.0. The molecule has 0 spiro atoms. The summed E-state index contributed by atoms with van der Waals surface area (Å²) in [7, 11) is 1.52. The number of hydrogen-bond acceptors (Lipinski definition) is 1. The second-order valence-corrected chi connectivity index (χ2v) is 1.97. The summed E-state index contributed by atoms with van der Waals surface area (Å²) in [6, 6.07) is 0. The van der Waals surface area contributed by atoms with Gasteiger partial charge in [0.15, 0.2) is 0 Å². The molecule has 2 nitrogen and oxygen atoms in total. The van der Waals surface area contributed by atoms with Crippen molar-refractivity contribution < 1.29 is 9.18 Å². The molecule has 1 aliphatic rings. The molecule has 1 N–H and O–H groups in total. The first-order valence-electron chi connectivity index (χ1n) is 2.61. The molecule has 1 aliphatic carbocycles. The molecule has 0 aromatic carbocycles. The molecule has 0 bridgehead atoms. The normalized spacial score (nSPS) is 34.2. The van der Waals surface area contributed by atoms with Gasteiger partial charge in [-0.1, -0.05) is 0 Å². The molecule has 0 saturated heterocycles. The van der Waals surface area contributed by atoms with Crippen LogP contribution in [0.25, 0.3) is 0 Å². The van der Waals surface area contributed by atoms with Crippen molar-refractivity contribution in [3.05, 3.63) is 0 Å². The Morgan fingerprint density at radius 2 is 2.38 bits per heavy atom. The van der Waals surface area contributed by atoms with Crippen LogP contribution in [0.15, 0.2) is 0 Å². The number of rotatable bonds is 1. The Hall–Kier alpha value is -0.600. The van der Waals surface area contributed by atoms with E-state index in [1.165, 1.54) is 7.05 Å². The largest absolute Gasteiger partial charge is 0.359 e. The van der Waals surface area contributed by atoms with Gasteiger partial charge in [-0.15, -0.1) is 0 Å². The van der Waals surface area contributed by atoms with Crippen LogP contribution in [-0.4, -0.2) is 19.1 Å². The molecule has 0 aromatic rings. The quantitative estimate of drug-likeness (QED) is 0.518. The Morgan fingerprint density at radius 1 is 1.88 bits per heavy atom. The molecule has 1 saturated carbocycles. The molecule has 0 radical (unpaired) electrons. The SMILES string of the molecule is CNC(=O)[C@H]1C[C@H]1F. The van der Waals surface area contributed by atoms with Crippen molar-refractivity contribution in [2.45, 2.75) is 12.6 Å². The van der Waals surface area contributed by atoms with Crippen LogP contribution in [0.5, 0.6) is 0 Å². The lowest BCUT2D eigenvalue weighted by atomic mass is 10.4. The summed E-state index contributed by atoms with van der Waals surface area (Å²) in [5, 5.41) is 2.38. The molecule has 0 heterocycles. The zero-order valence-electron chi connectivity index (χ0n) is 4.65. The predicted octanol–water partition coefficient (Wildman–Crippen LogP) is 0.0904. The first-order valence-corrected chi connectivity index (χ1v) is 2.61. The van der Waals surface area contributed by atoms with Crippen LogP contribution >= 0.6 is 0 Å². The van der Waals surface area contributed by atoms with E-state index in [0.29, 0.717) is 6.42 Å². The van der Waals surface area contributed by atoms with Crippen molar-refractivity contribution in [1.29, 1.82) is 0 Å². The highest BCUT2D eigenvalue weighted by Crippen LogP contribution is 2.33. The van der Waals surface area contributed by atoms with E-state index in [1.54, 1.807) is 0 Å². The molecule has 46 valence electrons. The second-order valence-electron chi connectivity index (χ2n) is 1.97. The van der Waals surface area contributed by atoms with E-state index < -0.39 is 6.17 Å². The minimum Gasteiger partial charge on any atom is -0.359 e. The summed E-state index contributed by atoms with van der Waals surface area (Å²) in [5.74, 6) is -0.502. The Kier molecular flexibility index (Phi) is 1.19. The number of hydrogen-bond donors (Lipinski definition) is 1. The predicted molar refractivity (Wildman–Crippen MR) is 27.1 cm³/mol. The smallest absolute Gasteiger partial charge is 0.225 e. The van der Waals surface area contributed by atoms with Crippen LogP contribution < -0.4 is 5.32 Å². The molecule has 8 heavy (non-hydrogen) atoms. The van der Waals surface area contributed by atoms with Crippen molar-refractivity contribution in [1.82, 2.24) is 5.32 Å². The summed E-state index contributed by atoms with van der Waals surface area (Å²) >= 11 is 0.